The predicted octanol–water partition coefficient (Wildman–Crippen LogP) is 2.87. The number of guanidine groups is 1. The van der Waals surface area contributed by atoms with Gasteiger partial charge in [-0.25, -0.2) is 9.98 Å². The standard InChI is InChI=1S/C17H28N4O/c1-3-18-17(21-15-8-6-5-7-9-15)20-13-14-10-11-19-16(12-14)22-4-2/h10-12,15H,3-9,13H2,1-2H3,(H2,18,20,21). The molecule has 122 valence electrons. The van der Waals surface area contributed by atoms with E-state index in [0.717, 1.165) is 18.1 Å². The first kappa shape index (κ1) is 16.6. The van der Waals surface area contributed by atoms with Crippen molar-refractivity contribution in [3.63, 3.8) is 0 Å². The van der Waals surface area contributed by atoms with Gasteiger partial charge in [-0.05, 0) is 38.3 Å². The minimum Gasteiger partial charge on any atom is -0.478 e. The number of hydrogen-bond acceptors (Lipinski definition) is 3. The summed E-state index contributed by atoms with van der Waals surface area (Å²) in [5, 5.41) is 6.89. The minimum absolute atomic E-state index is 0.558. The maximum absolute atomic E-state index is 5.43. The molecule has 5 nitrogen and oxygen atoms in total. The van der Waals surface area contributed by atoms with Crippen molar-refractivity contribution < 1.29 is 4.74 Å². The third-order valence-electron chi connectivity index (χ3n) is 3.80. The largest absolute Gasteiger partial charge is 0.478 e. The van der Waals surface area contributed by atoms with Crippen molar-refractivity contribution in [3.8, 4) is 5.88 Å². The van der Waals surface area contributed by atoms with Gasteiger partial charge >= 0.3 is 0 Å². The molecule has 0 atom stereocenters. The van der Waals surface area contributed by atoms with Gasteiger partial charge in [0.1, 0.15) is 0 Å². The topological polar surface area (TPSA) is 58.5 Å². The molecule has 5 heteroatoms. The normalized spacial score (nSPS) is 16.4. The van der Waals surface area contributed by atoms with Gasteiger partial charge in [-0.2, -0.15) is 0 Å². The van der Waals surface area contributed by atoms with Crippen molar-refractivity contribution in [2.45, 2.75) is 58.5 Å². The van der Waals surface area contributed by atoms with Crippen LogP contribution in [0.5, 0.6) is 5.88 Å². The van der Waals surface area contributed by atoms with Crippen LogP contribution < -0.4 is 15.4 Å². The molecule has 0 amide bonds. The fourth-order valence-corrected chi connectivity index (χ4v) is 2.71. The number of aliphatic imine (C=N–C) groups is 1. The van der Waals surface area contributed by atoms with Crippen molar-refractivity contribution in [3.05, 3.63) is 23.9 Å². The first-order valence-electron chi connectivity index (χ1n) is 8.44. The highest BCUT2D eigenvalue weighted by atomic mass is 16.5. The number of hydrogen-bond donors (Lipinski definition) is 2. The fourth-order valence-electron chi connectivity index (χ4n) is 2.71. The number of aromatic nitrogens is 1. The highest BCUT2D eigenvalue weighted by Gasteiger charge is 2.14. The number of ether oxygens (including phenoxy) is 1. The lowest BCUT2D eigenvalue weighted by Crippen LogP contribution is -2.44. The van der Waals surface area contributed by atoms with Crippen LogP contribution in [0.25, 0.3) is 0 Å². The molecule has 0 saturated heterocycles. The molecule has 1 saturated carbocycles. The molecule has 2 N–H and O–H groups in total. The second kappa shape index (κ2) is 9.28. The molecule has 1 aromatic rings. The number of nitrogens with one attached hydrogen (secondary N) is 2. The lowest BCUT2D eigenvalue weighted by atomic mass is 9.96. The maximum atomic E-state index is 5.43. The van der Waals surface area contributed by atoms with E-state index in [0.29, 0.717) is 25.1 Å². The minimum atomic E-state index is 0.558. The van der Waals surface area contributed by atoms with Gasteiger partial charge < -0.3 is 15.4 Å². The zero-order valence-corrected chi connectivity index (χ0v) is 13.8. The Kier molecular flexibility index (Phi) is 7.00. The maximum Gasteiger partial charge on any atom is 0.213 e. The van der Waals surface area contributed by atoms with E-state index in [2.05, 4.69) is 22.5 Å². The quantitative estimate of drug-likeness (QED) is 0.627. The molecule has 1 aromatic heterocycles. The highest BCUT2D eigenvalue weighted by Crippen LogP contribution is 2.17. The van der Waals surface area contributed by atoms with Crippen LogP contribution >= 0.6 is 0 Å². The predicted molar refractivity (Wildman–Crippen MR) is 90.2 cm³/mol. The third-order valence-corrected chi connectivity index (χ3v) is 3.80. The smallest absolute Gasteiger partial charge is 0.213 e. The van der Waals surface area contributed by atoms with Crippen molar-refractivity contribution in [2.24, 2.45) is 4.99 Å². The SMILES string of the molecule is CCNC(=NCc1ccnc(OCC)c1)NC1CCCCC1. The summed E-state index contributed by atoms with van der Waals surface area (Å²) in [5.41, 5.74) is 1.11. The molecular formula is C17H28N4O. The summed E-state index contributed by atoms with van der Waals surface area (Å²) in [4.78, 5) is 8.87. The van der Waals surface area contributed by atoms with Crippen molar-refractivity contribution in [1.82, 2.24) is 15.6 Å². The van der Waals surface area contributed by atoms with Gasteiger partial charge in [0.25, 0.3) is 0 Å². The van der Waals surface area contributed by atoms with Gasteiger partial charge in [-0.3, -0.25) is 0 Å². The Morgan fingerprint density at radius 3 is 2.86 bits per heavy atom. The van der Waals surface area contributed by atoms with Crippen molar-refractivity contribution in [1.29, 1.82) is 0 Å². The van der Waals surface area contributed by atoms with Gasteiger partial charge in [-0.15, -0.1) is 0 Å². The molecule has 1 heterocycles. The van der Waals surface area contributed by atoms with Crippen LogP contribution in [0, 0.1) is 0 Å². The van der Waals surface area contributed by atoms with E-state index >= 15 is 0 Å². The van der Waals surface area contributed by atoms with Gasteiger partial charge in [0.05, 0.1) is 13.2 Å². The summed E-state index contributed by atoms with van der Waals surface area (Å²) in [6.07, 6.45) is 8.26. The zero-order valence-electron chi connectivity index (χ0n) is 13.8. The third kappa shape index (κ3) is 5.54. The molecule has 1 fully saturated rings. The number of nitrogens with zero attached hydrogens (tertiary/aromatic N) is 2. The Labute approximate surface area is 133 Å². The zero-order chi connectivity index (χ0) is 15.6. The van der Waals surface area contributed by atoms with Crippen LogP contribution in [-0.4, -0.2) is 30.1 Å². The van der Waals surface area contributed by atoms with Crippen molar-refractivity contribution in [2.75, 3.05) is 13.2 Å². The molecule has 1 aliphatic rings. The van der Waals surface area contributed by atoms with E-state index in [9.17, 15) is 0 Å². The summed E-state index contributed by atoms with van der Waals surface area (Å²) < 4.78 is 5.43. The average Bonchev–Trinajstić information content (AvgIpc) is 2.55. The van der Waals surface area contributed by atoms with Crippen LogP contribution in [0.15, 0.2) is 23.3 Å². The monoisotopic (exact) mass is 304 g/mol. The van der Waals surface area contributed by atoms with Gasteiger partial charge in [0.2, 0.25) is 5.88 Å². The molecule has 0 bridgehead atoms. The second-order valence-corrected chi connectivity index (χ2v) is 5.61. The lowest BCUT2D eigenvalue weighted by molar-refractivity contribution is 0.326. The Bertz CT molecular complexity index is 469. The summed E-state index contributed by atoms with van der Waals surface area (Å²) in [5.74, 6) is 1.57. The molecule has 0 aliphatic heterocycles. The first-order chi connectivity index (χ1) is 10.8. The van der Waals surface area contributed by atoms with E-state index in [1.165, 1.54) is 32.1 Å². The van der Waals surface area contributed by atoms with E-state index in [1.54, 1.807) is 6.20 Å². The number of pyridine rings is 1. The molecule has 22 heavy (non-hydrogen) atoms. The van der Waals surface area contributed by atoms with Crippen molar-refractivity contribution >= 4 is 5.96 Å². The molecule has 1 aliphatic carbocycles. The number of rotatable bonds is 6. The van der Waals surface area contributed by atoms with Gasteiger partial charge in [0.15, 0.2) is 5.96 Å². The van der Waals surface area contributed by atoms with Crippen LogP contribution in [-0.2, 0) is 6.54 Å². The van der Waals surface area contributed by atoms with Gasteiger partial charge in [0, 0.05) is 24.8 Å². The van der Waals surface area contributed by atoms with E-state index in [1.807, 2.05) is 19.1 Å². The summed E-state index contributed by atoms with van der Waals surface area (Å²) in [7, 11) is 0. The lowest BCUT2D eigenvalue weighted by Gasteiger charge is -2.24. The Morgan fingerprint density at radius 2 is 2.14 bits per heavy atom. The fraction of sp³-hybridized carbons (Fsp3) is 0.647. The van der Waals surface area contributed by atoms with E-state index in [-0.39, 0.29) is 0 Å². The van der Waals surface area contributed by atoms with Crippen LogP contribution in [0.1, 0.15) is 51.5 Å². The molecule has 2 rings (SSSR count). The second-order valence-electron chi connectivity index (χ2n) is 5.61. The summed E-state index contributed by atoms with van der Waals surface area (Å²) in [6, 6.07) is 4.50. The average molecular weight is 304 g/mol. The highest BCUT2D eigenvalue weighted by molar-refractivity contribution is 5.80. The molecule has 0 unspecified atom stereocenters. The molecule has 0 spiro atoms. The molecule has 0 radical (unpaired) electrons. The summed E-state index contributed by atoms with van der Waals surface area (Å²) in [6.45, 7) is 6.19. The summed E-state index contributed by atoms with van der Waals surface area (Å²) >= 11 is 0. The molecule has 0 aromatic carbocycles. The van der Waals surface area contributed by atoms with Crippen LogP contribution in [0.4, 0.5) is 0 Å². The van der Waals surface area contributed by atoms with Crippen LogP contribution in [0.2, 0.25) is 0 Å². The Morgan fingerprint density at radius 1 is 1.32 bits per heavy atom. The van der Waals surface area contributed by atoms with Gasteiger partial charge in [-0.1, -0.05) is 19.3 Å². The Hall–Kier alpha value is -1.78. The molecular weight excluding hydrogens is 276 g/mol. The van der Waals surface area contributed by atoms with E-state index < -0.39 is 0 Å². The van der Waals surface area contributed by atoms with Crippen LogP contribution in [0.3, 0.4) is 0 Å². The van der Waals surface area contributed by atoms with E-state index in [4.69, 9.17) is 9.73 Å². The first-order valence-corrected chi connectivity index (χ1v) is 8.44. The Balaban J connectivity index is 1.95.